The third-order valence-corrected chi connectivity index (χ3v) is 2.54. The van der Waals surface area contributed by atoms with Gasteiger partial charge < -0.3 is 21.0 Å². The van der Waals surface area contributed by atoms with Gasteiger partial charge >= 0.3 is 12.1 Å². The van der Waals surface area contributed by atoms with Gasteiger partial charge in [0.1, 0.15) is 5.60 Å². The minimum Gasteiger partial charge on any atom is -0.442 e. The number of amides is 1. The maximum Gasteiger partial charge on any atom is 0.443 e. The van der Waals surface area contributed by atoms with Crippen LogP contribution in [0.25, 0.3) is 0 Å². The summed E-state index contributed by atoms with van der Waals surface area (Å²) in [6, 6.07) is -0.248. The highest BCUT2D eigenvalue weighted by molar-refractivity contribution is 6.28. The van der Waals surface area contributed by atoms with Crippen molar-refractivity contribution in [3.63, 3.8) is 0 Å². The fraction of sp³-hybridized carbons (Fsp3) is 0.357. The van der Waals surface area contributed by atoms with Crippen molar-refractivity contribution in [3.05, 3.63) is 29.3 Å². The van der Waals surface area contributed by atoms with Crippen molar-refractivity contribution in [2.75, 3.05) is 18.5 Å². The molecule has 0 bridgehead atoms. The number of hydroxylamine groups is 2. The largest absolute Gasteiger partial charge is 0.443 e. The van der Waals surface area contributed by atoms with Crippen molar-refractivity contribution in [2.45, 2.75) is 26.4 Å². The monoisotopic (exact) mass is 405 g/mol. The molecule has 0 saturated heterocycles. The molecule has 10 nitrogen and oxygen atoms in total. The molecule has 2 aromatic heterocycles. The van der Waals surface area contributed by atoms with Crippen LogP contribution in [-0.4, -0.2) is 43.7 Å². The number of nitrogen functional groups attached to an aromatic ring is 2. The number of ether oxygens (including phenoxy) is 1. The maximum absolute atomic E-state index is 12.8. The number of rotatable bonds is 2. The van der Waals surface area contributed by atoms with E-state index in [1.807, 2.05) is 0 Å². The Balaban J connectivity index is 0.000000337. The number of aromatic nitrogens is 4. The lowest BCUT2D eigenvalue weighted by atomic mass is 10.2. The minimum absolute atomic E-state index is 0.0473. The number of hydrogen-bond donors (Lipinski definition) is 2. The van der Waals surface area contributed by atoms with Gasteiger partial charge in [-0.25, -0.2) is 18.6 Å². The van der Waals surface area contributed by atoms with Crippen molar-refractivity contribution in [1.82, 2.24) is 25.0 Å². The summed E-state index contributed by atoms with van der Waals surface area (Å²) in [5.74, 6) is -2.01. The van der Waals surface area contributed by atoms with E-state index >= 15 is 0 Å². The van der Waals surface area contributed by atoms with E-state index in [1.165, 1.54) is 7.05 Å². The van der Waals surface area contributed by atoms with E-state index in [2.05, 4.69) is 19.9 Å². The molecule has 0 spiro atoms. The van der Waals surface area contributed by atoms with Gasteiger partial charge in [0.05, 0.1) is 19.4 Å². The average molecular weight is 406 g/mol. The molecule has 1 amide bonds. The Morgan fingerprint density at radius 2 is 1.63 bits per heavy atom. The number of carbonyl (C=O) groups excluding carboxylic acids is 1. The first-order chi connectivity index (χ1) is 12.4. The highest BCUT2D eigenvalue weighted by Gasteiger charge is 2.21. The van der Waals surface area contributed by atoms with Crippen LogP contribution < -0.4 is 16.3 Å². The van der Waals surface area contributed by atoms with E-state index in [4.69, 9.17) is 32.6 Å². The van der Waals surface area contributed by atoms with Crippen LogP contribution in [0.15, 0.2) is 12.4 Å². The quantitative estimate of drug-likeness (QED) is 0.567. The van der Waals surface area contributed by atoms with E-state index in [1.54, 1.807) is 20.8 Å². The lowest BCUT2D eigenvalue weighted by Gasteiger charge is -2.23. The van der Waals surface area contributed by atoms with Gasteiger partial charge in [0.25, 0.3) is 0 Å². The summed E-state index contributed by atoms with van der Waals surface area (Å²) in [7, 11) is 1.32. The molecule has 2 heterocycles. The summed E-state index contributed by atoms with van der Waals surface area (Å²) >= 11 is 5.25. The second-order valence-corrected chi connectivity index (χ2v) is 6.17. The van der Waals surface area contributed by atoms with E-state index in [0.717, 1.165) is 17.5 Å². The molecule has 0 aliphatic rings. The van der Waals surface area contributed by atoms with Gasteiger partial charge in [-0.3, -0.25) is 0 Å². The second-order valence-electron chi connectivity index (χ2n) is 5.83. The lowest BCUT2D eigenvalue weighted by Crippen LogP contribution is -2.36. The van der Waals surface area contributed by atoms with Crippen LogP contribution in [0.4, 0.5) is 25.2 Å². The van der Waals surface area contributed by atoms with Crippen molar-refractivity contribution in [2.24, 2.45) is 0 Å². The van der Waals surface area contributed by atoms with Gasteiger partial charge in [-0.2, -0.15) is 15.0 Å². The highest BCUT2D eigenvalue weighted by Crippen LogP contribution is 2.13. The summed E-state index contributed by atoms with van der Waals surface area (Å²) in [6.45, 7) is 5.14. The third-order valence-electron chi connectivity index (χ3n) is 2.36. The molecule has 4 N–H and O–H groups in total. The third kappa shape index (κ3) is 7.81. The molecule has 0 aromatic carbocycles. The Hall–Kier alpha value is -3.02. The SMILES string of the molecule is CN(Oc1ncc(F)c(N)n1)C(=O)OC(C)(C)C.Nc1nc(Cl)ncc1F. The van der Waals surface area contributed by atoms with Crippen LogP contribution in [0, 0.1) is 11.6 Å². The number of halogens is 3. The minimum atomic E-state index is -0.762. The fourth-order valence-electron chi connectivity index (χ4n) is 1.25. The van der Waals surface area contributed by atoms with Gasteiger partial charge in [-0.05, 0) is 32.4 Å². The molecule has 0 unspecified atom stereocenters. The van der Waals surface area contributed by atoms with Crippen LogP contribution >= 0.6 is 11.6 Å². The van der Waals surface area contributed by atoms with Crippen LogP contribution in [0.3, 0.4) is 0 Å². The normalized spacial score (nSPS) is 10.5. The molecule has 0 aliphatic carbocycles. The molecule has 2 rings (SSSR count). The molecule has 148 valence electrons. The summed E-state index contributed by atoms with van der Waals surface area (Å²) in [4.78, 5) is 30.2. The Kier molecular flexibility index (Phi) is 7.40. The number of carbonyl (C=O) groups is 1. The van der Waals surface area contributed by atoms with E-state index in [0.29, 0.717) is 0 Å². The van der Waals surface area contributed by atoms with Gasteiger partial charge in [0.2, 0.25) is 5.28 Å². The molecule has 0 fully saturated rings. The molecule has 13 heteroatoms. The number of nitrogens with zero attached hydrogens (tertiary/aromatic N) is 5. The van der Waals surface area contributed by atoms with Gasteiger partial charge in [-0.15, -0.1) is 5.06 Å². The topological polar surface area (TPSA) is 142 Å². The number of hydrogen-bond acceptors (Lipinski definition) is 9. The lowest BCUT2D eigenvalue weighted by molar-refractivity contribution is -0.0615. The van der Waals surface area contributed by atoms with E-state index in [9.17, 15) is 13.6 Å². The molecule has 2 aromatic rings. The van der Waals surface area contributed by atoms with Crippen LogP contribution in [0.5, 0.6) is 6.01 Å². The Labute approximate surface area is 158 Å². The van der Waals surface area contributed by atoms with Crippen molar-refractivity contribution < 1.29 is 23.1 Å². The number of nitrogens with two attached hydrogens (primary N) is 2. The first-order valence-electron chi connectivity index (χ1n) is 7.25. The maximum atomic E-state index is 12.8. The van der Waals surface area contributed by atoms with Gasteiger partial charge in [-0.1, -0.05) is 0 Å². The van der Waals surface area contributed by atoms with Crippen LogP contribution in [-0.2, 0) is 4.74 Å². The van der Waals surface area contributed by atoms with E-state index in [-0.39, 0.29) is 22.9 Å². The Morgan fingerprint density at radius 1 is 1.11 bits per heavy atom. The van der Waals surface area contributed by atoms with E-state index < -0.39 is 23.3 Å². The first kappa shape index (κ1) is 22.0. The summed E-state index contributed by atoms with van der Waals surface area (Å²) in [5.41, 5.74) is 9.59. The molecule has 0 saturated carbocycles. The smallest absolute Gasteiger partial charge is 0.442 e. The molecular formula is C14H18ClF2N7O3. The predicted octanol–water partition coefficient (Wildman–Crippen LogP) is 2.21. The van der Waals surface area contributed by atoms with Gasteiger partial charge in [0.15, 0.2) is 23.3 Å². The van der Waals surface area contributed by atoms with Crippen LogP contribution in [0.2, 0.25) is 5.28 Å². The standard InChI is InChI=1S/C10H15FN4O3.C4H3ClFN3/c1-10(2,3)17-9(16)15(4)18-8-13-5-6(11)7(12)14-8;5-4-8-1-2(6)3(7)9-4/h5H,1-4H3,(H2,12,13,14);1H,(H2,7,8,9). The highest BCUT2D eigenvalue weighted by atomic mass is 35.5. The Morgan fingerprint density at radius 3 is 2.07 bits per heavy atom. The molecule has 27 heavy (non-hydrogen) atoms. The van der Waals surface area contributed by atoms with Gasteiger partial charge in [0, 0.05) is 0 Å². The summed E-state index contributed by atoms with van der Waals surface area (Å²) < 4.78 is 30.0. The molecule has 0 atom stereocenters. The molecule has 0 aliphatic heterocycles. The zero-order chi connectivity index (χ0) is 20.8. The van der Waals surface area contributed by atoms with Crippen LogP contribution in [0.1, 0.15) is 20.8 Å². The summed E-state index contributed by atoms with van der Waals surface area (Å²) in [6.07, 6.45) is 1.04. The number of anilines is 2. The average Bonchev–Trinajstić information content (AvgIpc) is 2.54. The zero-order valence-electron chi connectivity index (χ0n) is 14.9. The second kappa shape index (κ2) is 9.07. The zero-order valence-corrected chi connectivity index (χ0v) is 15.7. The molecule has 0 radical (unpaired) electrons. The Bertz CT molecular complexity index is 805. The van der Waals surface area contributed by atoms with Crippen molar-refractivity contribution in [3.8, 4) is 6.01 Å². The first-order valence-corrected chi connectivity index (χ1v) is 7.63. The predicted molar refractivity (Wildman–Crippen MR) is 92.4 cm³/mol. The summed E-state index contributed by atoms with van der Waals surface area (Å²) in [5, 5.41) is 0.742. The van der Waals surface area contributed by atoms with Crippen molar-refractivity contribution in [1.29, 1.82) is 0 Å². The van der Waals surface area contributed by atoms with Crippen molar-refractivity contribution >= 4 is 29.3 Å². The fourth-order valence-corrected chi connectivity index (χ4v) is 1.39. The molecular weight excluding hydrogens is 388 g/mol.